The molecule has 1 aromatic rings. The van der Waals surface area contributed by atoms with Crippen LogP contribution in [0.1, 0.15) is 13.3 Å². The summed E-state index contributed by atoms with van der Waals surface area (Å²) in [7, 11) is 2.18. The van der Waals surface area contributed by atoms with Gasteiger partial charge in [0.15, 0.2) is 0 Å². The molecule has 1 N–H and O–H groups in total. The Morgan fingerprint density at radius 3 is 1.78 bits per heavy atom. The second kappa shape index (κ2) is 7.45. The third-order valence-corrected chi connectivity index (χ3v) is 3.29. The Labute approximate surface area is 130 Å². The largest absolute Gasteiger partial charge is 0.497 e. The fourth-order valence-electron chi connectivity index (χ4n) is 2.13. The predicted octanol–water partition coefficient (Wildman–Crippen LogP) is 2.07. The van der Waals surface area contributed by atoms with Crippen LogP contribution in [0.5, 0.6) is 5.75 Å². The second-order valence-corrected chi connectivity index (χ2v) is 5.26. The molecule has 1 atom stereocenters. The van der Waals surface area contributed by atoms with Gasteiger partial charge in [-0.05, 0) is 25.9 Å². The lowest BCUT2D eigenvalue weighted by Crippen LogP contribution is -2.12. The zero-order valence-corrected chi connectivity index (χ0v) is 12.5. The highest BCUT2D eigenvalue weighted by molar-refractivity contribution is 5.64. The van der Waals surface area contributed by atoms with Crippen molar-refractivity contribution in [1.82, 2.24) is 4.90 Å². The molecule has 1 saturated heterocycles. The maximum absolute atomic E-state index is 10.4. The first-order chi connectivity index (χ1) is 10.6. The number of hydrogen-bond acceptors (Lipinski definition) is 8. The van der Waals surface area contributed by atoms with Gasteiger partial charge in [-0.1, -0.05) is 6.92 Å². The highest BCUT2D eigenvalue weighted by Gasteiger charge is 2.30. The Morgan fingerprint density at radius 2 is 1.57 bits per heavy atom. The number of likely N-dealkylation sites (tertiary alicyclic amines) is 1. The summed E-state index contributed by atoms with van der Waals surface area (Å²) in [5.41, 5.74) is -3.00. The first-order valence-electron chi connectivity index (χ1n) is 6.62. The maximum Gasteiger partial charge on any atom is 0.324 e. The number of rotatable bonds is 3. The van der Waals surface area contributed by atoms with Gasteiger partial charge in [0, 0.05) is 6.54 Å². The topological polar surface area (TPSA) is 153 Å². The number of hydrogen-bond donors (Lipinski definition) is 1. The van der Waals surface area contributed by atoms with Gasteiger partial charge in [-0.2, -0.15) is 0 Å². The number of nitro groups is 3. The second-order valence-electron chi connectivity index (χ2n) is 5.26. The van der Waals surface area contributed by atoms with Gasteiger partial charge in [0.2, 0.25) is 0 Å². The van der Waals surface area contributed by atoms with E-state index in [0.717, 1.165) is 5.92 Å². The van der Waals surface area contributed by atoms with E-state index in [9.17, 15) is 30.3 Å². The molecule has 0 spiro atoms. The standard InChI is InChI=1S/C6H3N3O7.C6H13N/c10-6-4(8(13)14)1-3(7(11)12)2-5(6)9(15)16;1-6-3-4-7(2)5-6/h1-2,10H;6H,3-5H2,1-2H3. The Balaban J connectivity index is 0.000000313. The summed E-state index contributed by atoms with van der Waals surface area (Å²) in [5, 5.41) is 40.2. The van der Waals surface area contributed by atoms with Crippen molar-refractivity contribution in [3.05, 3.63) is 42.5 Å². The van der Waals surface area contributed by atoms with Gasteiger partial charge in [0.05, 0.1) is 26.9 Å². The van der Waals surface area contributed by atoms with Crippen LogP contribution >= 0.6 is 0 Å². The van der Waals surface area contributed by atoms with Crippen molar-refractivity contribution in [2.75, 3.05) is 20.1 Å². The van der Waals surface area contributed by atoms with Crippen LogP contribution in [-0.2, 0) is 0 Å². The maximum atomic E-state index is 10.4. The predicted molar refractivity (Wildman–Crippen MR) is 79.3 cm³/mol. The van der Waals surface area contributed by atoms with Gasteiger partial charge in [-0.25, -0.2) is 0 Å². The summed E-state index contributed by atoms with van der Waals surface area (Å²) in [4.78, 5) is 30.1. The van der Waals surface area contributed by atoms with Gasteiger partial charge in [-0.3, -0.25) is 30.3 Å². The van der Waals surface area contributed by atoms with Crippen LogP contribution in [0, 0.1) is 36.3 Å². The quantitative estimate of drug-likeness (QED) is 0.653. The van der Waals surface area contributed by atoms with Crippen LogP contribution in [0.15, 0.2) is 12.1 Å². The molecular formula is C12H16N4O7. The summed E-state index contributed by atoms with van der Waals surface area (Å²) in [6, 6.07) is 0.894. The summed E-state index contributed by atoms with van der Waals surface area (Å²) in [6.07, 6.45) is 1.40. The molecule has 0 aromatic heterocycles. The molecule has 1 aliphatic rings. The Bertz CT molecular complexity index is 591. The van der Waals surface area contributed by atoms with Crippen molar-refractivity contribution in [2.24, 2.45) is 5.92 Å². The average Bonchev–Trinajstić information content (AvgIpc) is 2.82. The molecule has 0 bridgehead atoms. The number of phenolic OH excluding ortho intramolecular Hbond substituents is 1. The van der Waals surface area contributed by atoms with Gasteiger partial charge >= 0.3 is 11.4 Å². The lowest BCUT2D eigenvalue weighted by molar-refractivity contribution is -0.404. The molecule has 11 nitrogen and oxygen atoms in total. The highest BCUT2D eigenvalue weighted by atomic mass is 16.6. The van der Waals surface area contributed by atoms with Crippen LogP contribution in [-0.4, -0.2) is 44.9 Å². The van der Waals surface area contributed by atoms with Crippen LogP contribution in [0.3, 0.4) is 0 Å². The summed E-state index contributed by atoms with van der Waals surface area (Å²) < 4.78 is 0. The van der Waals surface area contributed by atoms with Crippen LogP contribution in [0.25, 0.3) is 0 Å². The van der Waals surface area contributed by atoms with Crippen LogP contribution in [0.2, 0.25) is 0 Å². The van der Waals surface area contributed by atoms with Crippen molar-refractivity contribution >= 4 is 17.1 Å². The lowest BCUT2D eigenvalue weighted by Gasteiger charge is -2.03. The number of benzene rings is 1. The van der Waals surface area contributed by atoms with Crippen molar-refractivity contribution < 1.29 is 19.9 Å². The van der Waals surface area contributed by atoms with E-state index in [-0.39, 0.29) is 0 Å². The lowest BCUT2D eigenvalue weighted by atomic mass is 10.2. The summed E-state index contributed by atoms with van der Waals surface area (Å²) in [5.74, 6) is -0.259. The van der Waals surface area contributed by atoms with Crippen LogP contribution < -0.4 is 0 Å². The van der Waals surface area contributed by atoms with E-state index in [2.05, 4.69) is 18.9 Å². The number of nitro benzene ring substituents is 3. The molecule has 11 heteroatoms. The van der Waals surface area contributed by atoms with Gasteiger partial charge in [0.1, 0.15) is 0 Å². The minimum Gasteiger partial charge on any atom is -0.497 e. The average molecular weight is 328 g/mol. The van der Waals surface area contributed by atoms with E-state index in [0.29, 0.717) is 12.1 Å². The van der Waals surface area contributed by atoms with Crippen LogP contribution in [0.4, 0.5) is 17.1 Å². The number of phenols is 1. The molecular weight excluding hydrogens is 312 g/mol. The molecule has 1 fully saturated rings. The van der Waals surface area contributed by atoms with Crippen molar-refractivity contribution in [1.29, 1.82) is 0 Å². The first kappa shape index (κ1) is 18.2. The number of nitrogens with zero attached hydrogens (tertiary/aromatic N) is 4. The van der Waals surface area contributed by atoms with Gasteiger partial charge in [-0.15, -0.1) is 0 Å². The van der Waals surface area contributed by atoms with Gasteiger partial charge < -0.3 is 10.0 Å². The van der Waals surface area contributed by atoms with E-state index >= 15 is 0 Å². The molecule has 1 aliphatic heterocycles. The molecule has 0 aliphatic carbocycles. The molecule has 2 rings (SSSR count). The van der Waals surface area contributed by atoms with E-state index < -0.39 is 37.6 Å². The molecule has 1 heterocycles. The van der Waals surface area contributed by atoms with E-state index in [1.807, 2.05) is 0 Å². The smallest absolute Gasteiger partial charge is 0.324 e. The fourth-order valence-corrected chi connectivity index (χ4v) is 2.13. The molecule has 1 unspecified atom stereocenters. The molecule has 0 amide bonds. The Morgan fingerprint density at radius 1 is 1.09 bits per heavy atom. The monoisotopic (exact) mass is 328 g/mol. The van der Waals surface area contributed by atoms with Crippen molar-refractivity contribution in [2.45, 2.75) is 13.3 Å². The molecule has 0 radical (unpaired) electrons. The number of non-ortho nitro benzene ring substituents is 1. The minimum atomic E-state index is -1.21. The first-order valence-corrected chi connectivity index (χ1v) is 6.62. The van der Waals surface area contributed by atoms with E-state index in [1.165, 1.54) is 19.5 Å². The zero-order valence-electron chi connectivity index (χ0n) is 12.5. The minimum absolute atomic E-state index is 0.447. The fraction of sp³-hybridized carbons (Fsp3) is 0.500. The zero-order chi connectivity index (χ0) is 17.7. The molecule has 23 heavy (non-hydrogen) atoms. The molecule has 0 saturated carbocycles. The molecule has 1 aromatic carbocycles. The Kier molecular flexibility index (Phi) is 5.90. The van der Waals surface area contributed by atoms with E-state index in [1.54, 1.807) is 0 Å². The Hall–Kier alpha value is -2.82. The number of aromatic hydroxyl groups is 1. The third kappa shape index (κ3) is 4.85. The van der Waals surface area contributed by atoms with Crippen molar-refractivity contribution in [3.8, 4) is 5.75 Å². The third-order valence-electron chi connectivity index (χ3n) is 3.29. The summed E-state index contributed by atoms with van der Waals surface area (Å²) in [6.45, 7) is 4.92. The van der Waals surface area contributed by atoms with E-state index in [4.69, 9.17) is 5.11 Å². The normalized spacial score (nSPS) is 17.2. The molecule has 126 valence electrons. The summed E-state index contributed by atoms with van der Waals surface area (Å²) >= 11 is 0. The highest BCUT2D eigenvalue weighted by Crippen LogP contribution is 2.38. The SMILES string of the molecule is CC1CCN(C)C1.O=[N+]([O-])c1cc([N+](=O)[O-])c(O)c([N+](=O)[O-])c1. The van der Waals surface area contributed by atoms with Gasteiger partial charge in [0.25, 0.3) is 11.4 Å². The van der Waals surface area contributed by atoms with Crippen molar-refractivity contribution in [3.63, 3.8) is 0 Å².